The molecule has 18 heavy (non-hydrogen) atoms. The van der Waals surface area contributed by atoms with Gasteiger partial charge >= 0.3 is 0 Å². The van der Waals surface area contributed by atoms with Crippen LogP contribution in [0.5, 0.6) is 0 Å². The standard InChI is InChI=1S/C13H20BrClN2S/c1-2-17-6-4-3-5-9(8-16)12(17)11-7-10(14)13(15)18-11/h7,9,12H,2-6,8,16H2,1H3. The molecule has 2 rings (SSSR count). The summed E-state index contributed by atoms with van der Waals surface area (Å²) >= 11 is 11.4. The highest BCUT2D eigenvalue weighted by Gasteiger charge is 2.31. The number of thiophene rings is 1. The second-order valence-corrected chi connectivity index (χ2v) is 7.38. The third kappa shape index (κ3) is 3.10. The third-order valence-electron chi connectivity index (χ3n) is 3.77. The maximum atomic E-state index is 6.19. The number of likely N-dealkylation sites (tertiary alicyclic amines) is 1. The van der Waals surface area contributed by atoms with E-state index in [4.69, 9.17) is 17.3 Å². The van der Waals surface area contributed by atoms with Gasteiger partial charge in [0.05, 0.1) is 0 Å². The van der Waals surface area contributed by atoms with E-state index >= 15 is 0 Å². The Morgan fingerprint density at radius 2 is 2.33 bits per heavy atom. The van der Waals surface area contributed by atoms with E-state index in [0.29, 0.717) is 12.0 Å². The summed E-state index contributed by atoms with van der Waals surface area (Å²) in [6.07, 6.45) is 3.79. The second kappa shape index (κ2) is 6.71. The molecular weight excluding hydrogens is 332 g/mol. The Balaban J connectivity index is 2.32. The summed E-state index contributed by atoms with van der Waals surface area (Å²) in [6, 6.07) is 2.62. The highest BCUT2D eigenvalue weighted by atomic mass is 79.9. The molecule has 2 N–H and O–H groups in total. The maximum Gasteiger partial charge on any atom is 0.107 e. The predicted octanol–water partition coefficient (Wildman–Crippen LogP) is 4.29. The average Bonchev–Trinajstić information content (AvgIpc) is 2.60. The highest BCUT2D eigenvalue weighted by molar-refractivity contribution is 9.10. The lowest BCUT2D eigenvalue weighted by Crippen LogP contribution is -2.35. The van der Waals surface area contributed by atoms with E-state index in [1.165, 1.54) is 30.7 Å². The van der Waals surface area contributed by atoms with Crippen molar-refractivity contribution < 1.29 is 0 Å². The molecule has 0 aliphatic carbocycles. The fraction of sp³-hybridized carbons (Fsp3) is 0.692. The first-order valence-corrected chi connectivity index (χ1v) is 8.55. The van der Waals surface area contributed by atoms with Gasteiger partial charge in [-0.1, -0.05) is 24.9 Å². The van der Waals surface area contributed by atoms with Gasteiger partial charge in [0.15, 0.2) is 0 Å². The molecule has 0 aromatic carbocycles. The summed E-state index contributed by atoms with van der Waals surface area (Å²) in [5.74, 6) is 0.550. The lowest BCUT2D eigenvalue weighted by molar-refractivity contribution is 0.169. The van der Waals surface area contributed by atoms with Crippen molar-refractivity contribution in [3.05, 3.63) is 19.8 Å². The van der Waals surface area contributed by atoms with Crippen LogP contribution in [0.25, 0.3) is 0 Å². The van der Waals surface area contributed by atoms with Gasteiger partial charge in [0, 0.05) is 15.4 Å². The van der Waals surface area contributed by atoms with E-state index < -0.39 is 0 Å². The molecule has 0 radical (unpaired) electrons. The maximum absolute atomic E-state index is 6.19. The van der Waals surface area contributed by atoms with Crippen molar-refractivity contribution in [2.75, 3.05) is 19.6 Å². The summed E-state index contributed by atoms with van der Waals surface area (Å²) in [4.78, 5) is 3.91. The normalized spacial score (nSPS) is 26.2. The van der Waals surface area contributed by atoms with Crippen LogP contribution in [0.15, 0.2) is 10.5 Å². The molecule has 1 saturated heterocycles. The molecule has 1 aliphatic heterocycles. The Labute approximate surface area is 127 Å². The average molecular weight is 352 g/mol. The summed E-state index contributed by atoms with van der Waals surface area (Å²) in [5, 5.41) is 0. The van der Waals surface area contributed by atoms with E-state index in [-0.39, 0.29) is 0 Å². The van der Waals surface area contributed by atoms with Gasteiger partial charge in [-0.3, -0.25) is 4.90 Å². The summed E-state index contributed by atoms with van der Waals surface area (Å²) in [5.41, 5.74) is 6.00. The van der Waals surface area contributed by atoms with Gasteiger partial charge in [0.2, 0.25) is 0 Å². The van der Waals surface area contributed by atoms with Gasteiger partial charge in [0.25, 0.3) is 0 Å². The van der Waals surface area contributed by atoms with Crippen molar-refractivity contribution in [2.45, 2.75) is 32.2 Å². The molecule has 2 atom stereocenters. The molecule has 0 bridgehead atoms. The minimum atomic E-state index is 0.441. The van der Waals surface area contributed by atoms with Crippen LogP contribution in [0, 0.1) is 5.92 Å². The fourth-order valence-corrected chi connectivity index (χ4v) is 4.80. The molecule has 0 saturated carbocycles. The summed E-state index contributed by atoms with van der Waals surface area (Å²) < 4.78 is 1.86. The molecule has 0 spiro atoms. The zero-order chi connectivity index (χ0) is 13.1. The van der Waals surface area contributed by atoms with Gasteiger partial charge in [0.1, 0.15) is 4.34 Å². The molecule has 102 valence electrons. The van der Waals surface area contributed by atoms with Crippen molar-refractivity contribution in [1.82, 2.24) is 4.90 Å². The van der Waals surface area contributed by atoms with E-state index in [1.54, 1.807) is 11.3 Å². The first kappa shape index (κ1) is 14.8. The van der Waals surface area contributed by atoms with Crippen LogP contribution in [0.2, 0.25) is 4.34 Å². The van der Waals surface area contributed by atoms with Crippen LogP contribution in [0.4, 0.5) is 0 Å². The van der Waals surface area contributed by atoms with Crippen LogP contribution in [-0.2, 0) is 0 Å². The predicted molar refractivity (Wildman–Crippen MR) is 83.4 cm³/mol. The van der Waals surface area contributed by atoms with Gasteiger partial charge in [-0.25, -0.2) is 0 Å². The Morgan fingerprint density at radius 3 is 2.89 bits per heavy atom. The van der Waals surface area contributed by atoms with E-state index in [9.17, 15) is 0 Å². The van der Waals surface area contributed by atoms with E-state index in [1.807, 2.05) is 0 Å². The summed E-state index contributed by atoms with van der Waals surface area (Å²) in [7, 11) is 0. The Hall–Kier alpha value is 0.390. The van der Waals surface area contributed by atoms with Gasteiger partial charge in [-0.2, -0.15) is 0 Å². The van der Waals surface area contributed by atoms with Gasteiger partial charge < -0.3 is 5.73 Å². The SMILES string of the molecule is CCN1CCCCC(CN)C1c1cc(Br)c(Cl)s1. The smallest absolute Gasteiger partial charge is 0.107 e. The van der Waals surface area contributed by atoms with Crippen LogP contribution in [0.1, 0.15) is 37.1 Å². The largest absolute Gasteiger partial charge is 0.330 e. The van der Waals surface area contributed by atoms with Crippen molar-refractivity contribution >= 4 is 38.9 Å². The summed E-state index contributed by atoms with van der Waals surface area (Å²) in [6.45, 7) is 5.24. The fourth-order valence-electron chi connectivity index (χ4n) is 2.84. The van der Waals surface area contributed by atoms with Gasteiger partial charge in [-0.15, -0.1) is 11.3 Å². The first-order chi connectivity index (χ1) is 8.67. The van der Waals surface area contributed by atoms with Crippen molar-refractivity contribution in [3.8, 4) is 0 Å². The lowest BCUT2D eigenvalue weighted by atomic mass is 9.93. The van der Waals surface area contributed by atoms with Crippen molar-refractivity contribution in [3.63, 3.8) is 0 Å². The number of rotatable bonds is 3. The Bertz CT molecular complexity index is 363. The number of hydrogen-bond donors (Lipinski definition) is 1. The first-order valence-electron chi connectivity index (χ1n) is 6.56. The topological polar surface area (TPSA) is 29.3 Å². The molecule has 0 amide bonds. The van der Waals surface area contributed by atoms with Crippen molar-refractivity contribution in [2.24, 2.45) is 11.7 Å². The molecule has 1 aromatic heterocycles. The number of nitrogens with zero attached hydrogens (tertiary/aromatic N) is 1. The number of hydrogen-bond acceptors (Lipinski definition) is 3. The third-order valence-corrected chi connectivity index (χ3v) is 6.32. The zero-order valence-corrected chi connectivity index (χ0v) is 13.8. The molecular formula is C13H20BrClN2S. The second-order valence-electron chi connectivity index (χ2n) is 4.84. The Morgan fingerprint density at radius 1 is 1.56 bits per heavy atom. The molecule has 1 aliphatic rings. The van der Waals surface area contributed by atoms with Crippen LogP contribution in [0.3, 0.4) is 0 Å². The van der Waals surface area contributed by atoms with Crippen LogP contribution < -0.4 is 5.73 Å². The monoisotopic (exact) mass is 350 g/mol. The van der Waals surface area contributed by atoms with Gasteiger partial charge in [-0.05, 0) is 60.4 Å². The quantitative estimate of drug-likeness (QED) is 0.880. The van der Waals surface area contributed by atoms with E-state index in [2.05, 4.69) is 33.8 Å². The minimum absolute atomic E-state index is 0.441. The zero-order valence-electron chi connectivity index (χ0n) is 10.7. The molecule has 1 aromatic rings. The Kier molecular flexibility index (Phi) is 5.51. The number of halogens is 2. The van der Waals surface area contributed by atoms with E-state index in [0.717, 1.165) is 21.9 Å². The molecule has 2 heterocycles. The molecule has 5 heteroatoms. The van der Waals surface area contributed by atoms with Crippen LogP contribution >= 0.6 is 38.9 Å². The van der Waals surface area contributed by atoms with Crippen LogP contribution in [-0.4, -0.2) is 24.5 Å². The highest BCUT2D eigenvalue weighted by Crippen LogP contribution is 2.42. The molecule has 2 unspecified atom stereocenters. The lowest BCUT2D eigenvalue weighted by Gasteiger charge is -2.33. The molecule has 2 nitrogen and oxygen atoms in total. The molecule has 1 fully saturated rings. The minimum Gasteiger partial charge on any atom is -0.330 e. The van der Waals surface area contributed by atoms with Crippen molar-refractivity contribution in [1.29, 1.82) is 0 Å². The number of nitrogens with two attached hydrogens (primary N) is 1.